The highest BCUT2D eigenvalue weighted by molar-refractivity contribution is 6.31. The molecule has 0 aliphatic rings. The van der Waals surface area contributed by atoms with Gasteiger partial charge in [0.05, 0.1) is 11.6 Å². The largest absolute Gasteiger partial charge is 0.460 e. The summed E-state index contributed by atoms with van der Waals surface area (Å²) in [5.41, 5.74) is 6.08. The standard InChI is InChI=1S/C16H15ClFN5O3/c17-11-7-9(1-3-12(11)18)13-4-2-10(25-13)8-20-5-6-21-16(24)14-15(19)23-26-22-14/h1-4,7,20H,5-6,8H2,(H2,19,23)(H,21,24). The monoisotopic (exact) mass is 379 g/mol. The van der Waals surface area contributed by atoms with Crippen LogP contribution in [-0.2, 0) is 6.54 Å². The Hall–Kier alpha value is -2.91. The number of hydrogen-bond acceptors (Lipinski definition) is 7. The normalized spacial score (nSPS) is 10.8. The molecule has 0 radical (unpaired) electrons. The van der Waals surface area contributed by atoms with Gasteiger partial charge in [-0.1, -0.05) is 11.6 Å². The predicted octanol–water partition coefficient (Wildman–Crippen LogP) is 2.22. The van der Waals surface area contributed by atoms with Gasteiger partial charge in [-0.25, -0.2) is 9.02 Å². The first kappa shape index (κ1) is 17.9. The summed E-state index contributed by atoms with van der Waals surface area (Å²) in [7, 11) is 0. The van der Waals surface area contributed by atoms with Crippen molar-refractivity contribution >= 4 is 23.3 Å². The molecule has 136 valence electrons. The van der Waals surface area contributed by atoms with Gasteiger partial charge in [-0.2, -0.15) is 0 Å². The second-order valence-corrected chi connectivity index (χ2v) is 5.73. The molecular weight excluding hydrogens is 365 g/mol. The van der Waals surface area contributed by atoms with E-state index in [1.807, 2.05) is 0 Å². The Bertz CT molecular complexity index is 911. The summed E-state index contributed by atoms with van der Waals surface area (Å²) >= 11 is 5.78. The Labute approximate surface area is 152 Å². The number of carbonyl (C=O) groups is 1. The van der Waals surface area contributed by atoms with Crippen molar-refractivity contribution in [1.82, 2.24) is 20.9 Å². The first-order valence-electron chi connectivity index (χ1n) is 7.65. The van der Waals surface area contributed by atoms with E-state index in [0.29, 0.717) is 36.7 Å². The lowest BCUT2D eigenvalue weighted by Gasteiger charge is -2.04. The minimum Gasteiger partial charge on any atom is -0.460 e. The molecule has 2 heterocycles. The van der Waals surface area contributed by atoms with Crippen molar-refractivity contribution in [3.8, 4) is 11.3 Å². The van der Waals surface area contributed by atoms with E-state index in [1.54, 1.807) is 18.2 Å². The first-order chi connectivity index (χ1) is 12.5. The van der Waals surface area contributed by atoms with Crippen LogP contribution >= 0.6 is 11.6 Å². The average Bonchev–Trinajstić information content (AvgIpc) is 3.26. The van der Waals surface area contributed by atoms with E-state index in [1.165, 1.54) is 12.1 Å². The molecule has 0 atom stereocenters. The number of furan rings is 1. The van der Waals surface area contributed by atoms with Crippen LogP contribution in [0.4, 0.5) is 10.2 Å². The molecule has 3 rings (SSSR count). The third kappa shape index (κ3) is 4.19. The number of aromatic nitrogens is 2. The lowest BCUT2D eigenvalue weighted by atomic mass is 10.2. The molecule has 4 N–H and O–H groups in total. The number of nitrogens with one attached hydrogen (secondary N) is 2. The van der Waals surface area contributed by atoms with E-state index in [4.69, 9.17) is 21.8 Å². The topological polar surface area (TPSA) is 119 Å². The lowest BCUT2D eigenvalue weighted by Crippen LogP contribution is -2.32. The molecule has 0 bridgehead atoms. The molecule has 0 saturated heterocycles. The number of rotatable bonds is 7. The fourth-order valence-electron chi connectivity index (χ4n) is 2.19. The first-order valence-corrected chi connectivity index (χ1v) is 8.03. The van der Waals surface area contributed by atoms with E-state index >= 15 is 0 Å². The molecule has 0 aliphatic carbocycles. The number of halogens is 2. The number of nitrogens with zero attached hydrogens (tertiary/aromatic N) is 2. The molecule has 0 spiro atoms. The van der Waals surface area contributed by atoms with Crippen molar-refractivity contribution in [3.63, 3.8) is 0 Å². The van der Waals surface area contributed by atoms with E-state index in [2.05, 4.69) is 25.6 Å². The van der Waals surface area contributed by atoms with E-state index in [9.17, 15) is 9.18 Å². The molecule has 0 aliphatic heterocycles. The highest BCUT2D eigenvalue weighted by Gasteiger charge is 2.15. The summed E-state index contributed by atoms with van der Waals surface area (Å²) in [5.74, 6) is 0.287. The zero-order valence-electron chi connectivity index (χ0n) is 13.5. The molecule has 0 unspecified atom stereocenters. The van der Waals surface area contributed by atoms with Gasteiger partial charge in [0.2, 0.25) is 11.5 Å². The lowest BCUT2D eigenvalue weighted by molar-refractivity contribution is 0.0944. The number of nitrogen functional groups attached to an aromatic ring is 1. The van der Waals surface area contributed by atoms with E-state index < -0.39 is 11.7 Å². The molecule has 10 heteroatoms. The number of amides is 1. The highest BCUT2D eigenvalue weighted by Crippen LogP contribution is 2.26. The molecule has 1 aromatic carbocycles. The molecule has 2 aromatic heterocycles. The molecule has 3 aromatic rings. The van der Waals surface area contributed by atoms with Gasteiger partial charge in [-0.15, -0.1) is 0 Å². The quantitative estimate of drug-likeness (QED) is 0.538. The van der Waals surface area contributed by atoms with E-state index in [0.717, 1.165) is 0 Å². The van der Waals surface area contributed by atoms with Gasteiger partial charge in [-0.05, 0) is 40.6 Å². The predicted molar refractivity (Wildman–Crippen MR) is 91.9 cm³/mol. The average molecular weight is 380 g/mol. The maximum Gasteiger partial charge on any atom is 0.277 e. The summed E-state index contributed by atoms with van der Waals surface area (Å²) in [6.07, 6.45) is 0. The van der Waals surface area contributed by atoms with Gasteiger partial charge in [-0.3, -0.25) is 4.79 Å². The fraction of sp³-hybridized carbons (Fsp3) is 0.188. The maximum absolute atomic E-state index is 13.2. The van der Waals surface area contributed by atoms with Crippen LogP contribution in [0.25, 0.3) is 11.3 Å². The maximum atomic E-state index is 13.2. The number of carbonyl (C=O) groups excluding carboxylic acids is 1. The Morgan fingerprint density at radius 1 is 1.23 bits per heavy atom. The third-order valence-corrected chi connectivity index (χ3v) is 3.77. The molecule has 8 nitrogen and oxygen atoms in total. The number of anilines is 1. The smallest absolute Gasteiger partial charge is 0.277 e. The van der Waals surface area contributed by atoms with Gasteiger partial charge in [0.25, 0.3) is 5.91 Å². The number of benzene rings is 1. The van der Waals surface area contributed by atoms with Crippen LogP contribution in [0.2, 0.25) is 5.02 Å². The van der Waals surface area contributed by atoms with Gasteiger partial charge < -0.3 is 20.8 Å². The van der Waals surface area contributed by atoms with Gasteiger partial charge in [0.1, 0.15) is 17.3 Å². The van der Waals surface area contributed by atoms with Crippen molar-refractivity contribution < 1.29 is 18.2 Å². The van der Waals surface area contributed by atoms with Gasteiger partial charge in [0.15, 0.2) is 0 Å². The molecule has 0 fully saturated rings. The second-order valence-electron chi connectivity index (χ2n) is 5.33. The van der Waals surface area contributed by atoms with Crippen LogP contribution < -0.4 is 16.4 Å². The van der Waals surface area contributed by atoms with Gasteiger partial charge in [0, 0.05) is 18.7 Å². The molecule has 1 amide bonds. The summed E-state index contributed by atoms with van der Waals surface area (Å²) < 4.78 is 23.3. The Morgan fingerprint density at radius 3 is 2.81 bits per heavy atom. The van der Waals surface area contributed by atoms with Crippen molar-refractivity contribution in [2.45, 2.75) is 6.54 Å². The Balaban J connectivity index is 1.44. The summed E-state index contributed by atoms with van der Waals surface area (Å²) in [6.45, 7) is 1.31. The van der Waals surface area contributed by atoms with Crippen molar-refractivity contribution in [1.29, 1.82) is 0 Å². The fourth-order valence-corrected chi connectivity index (χ4v) is 2.37. The third-order valence-electron chi connectivity index (χ3n) is 3.48. The van der Waals surface area contributed by atoms with Gasteiger partial charge >= 0.3 is 0 Å². The summed E-state index contributed by atoms with van der Waals surface area (Å²) in [4.78, 5) is 11.7. The molecule has 26 heavy (non-hydrogen) atoms. The van der Waals surface area contributed by atoms with Crippen LogP contribution in [0.3, 0.4) is 0 Å². The minimum absolute atomic E-state index is 0.0391. The Morgan fingerprint density at radius 2 is 2.08 bits per heavy atom. The number of hydrogen-bond donors (Lipinski definition) is 3. The van der Waals surface area contributed by atoms with Crippen LogP contribution in [-0.4, -0.2) is 29.3 Å². The minimum atomic E-state index is -0.478. The van der Waals surface area contributed by atoms with Crippen molar-refractivity contribution in [3.05, 3.63) is 52.6 Å². The van der Waals surface area contributed by atoms with Crippen molar-refractivity contribution in [2.75, 3.05) is 18.8 Å². The summed E-state index contributed by atoms with van der Waals surface area (Å²) in [6, 6.07) is 7.98. The van der Waals surface area contributed by atoms with E-state index in [-0.39, 0.29) is 16.5 Å². The molecule has 0 saturated carbocycles. The second kappa shape index (κ2) is 7.98. The van der Waals surface area contributed by atoms with Crippen LogP contribution in [0.5, 0.6) is 0 Å². The highest BCUT2D eigenvalue weighted by atomic mass is 35.5. The van der Waals surface area contributed by atoms with Crippen molar-refractivity contribution in [2.24, 2.45) is 0 Å². The van der Waals surface area contributed by atoms with Crippen LogP contribution in [0.15, 0.2) is 39.4 Å². The number of nitrogens with two attached hydrogens (primary N) is 1. The Kier molecular flexibility index (Phi) is 5.49. The zero-order valence-corrected chi connectivity index (χ0v) is 14.2. The van der Waals surface area contributed by atoms with Crippen LogP contribution in [0, 0.1) is 5.82 Å². The van der Waals surface area contributed by atoms with Crippen LogP contribution in [0.1, 0.15) is 16.2 Å². The summed E-state index contributed by atoms with van der Waals surface area (Å²) in [5, 5.41) is 12.5. The SMILES string of the molecule is Nc1nonc1C(=O)NCCNCc1ccc(-c2ccc(F)c(Cl)c2)o1. The zero-order chi connectivity index (χ0) is 18.5. The molecular formula is C16H15ClFN5O3.